The van der Waals surface area contributed by atoms with Crippen molar-refractivity contribution in [2.75, 3.05) is 23.9 Å². The lowest BCUT2D eigenvalue weighted by molar-refractivity contribution is -0.116. The van der Waals surface area contributed by atoms with E-state index in [0.717, 1.165) is 23.4 Å². The van der Waals surface area contributed by atoms with E-state index >= 15 is 0 Å². The second kappa shape index (κ2) is 8.03. The first-order chi connectivity index (χ1) is 14.3. The number of nitrogens with zero attached hydrogens (tertiary/aromatic N) is 5. The molecule has 10 heteroatoms. The molecule has 0 spiro atoms. The first-order valence-corrected chi connectivity index (χ1v) is 11.3. The second-order valence-electron chi connectivity index (χ2n) is 6.81. The number of ether oxygens (including phenoxy) is 2. The molecule has 1 amide bonds. The zero-order valence-electron chi connectivity index (χ0n) is 15.6. The van der Waals surface area contributed by atoms with Gasteiger partial charge in [-0.15, -0.1) is 16.4 Å². The highest BCUT2D eigenvalue weighted by molar-refractivity contribution is 7.99. The Morgan fingerprint density at radius 1 is 1.24 bits per heavy atom. The van der Waals surface area contributed by atoms with Crippen LogP contribution in [0.5, 0.6) is 11.5 Å². The number of anilines is 1. The Labute approximate surface area is 175 Å². The predicted molar refractivity (Wildman–Crippen MR) is 110 cm³/mol. The minimum atomic E-state index is -0.00887. The van der Waals surface area contributed by atoms with Crippen molar-refractivity contribution >= 4 is 34.7 Å². The standard InChI is InChI=1S/C19H19N5O3S2/c25-18(12-29-19-20-21-22-24(19)13-3-4-13)23(11-15-2-1-9-28-15)14-5-6-16-17(10-14)27-8-7-26-16/h1-2,5-6,9-10,13H,3-4,7-8,11-12H2. The van der Waals surface area contributed by atoms with Crippen molar-refractivity contribution < 1.29 is 14.3 Å². The van der Waals surface area contributed by atoms with Gasteiger partial charge in [-0.3, -0.25) is 4.79 Å². The summed E-state index contributed by atoms with van der Waals surface area (Å²) in [6.45, 7) is 1.55. The van der Waals surface area contributed by atoms with Crippen LogP contribution < -0.4 is 14.4 Å². The average Bonchev–Trinajstić information content (AvgIpc) is 3.25. The van der Waals surface area contributed by atoms with E-state index in [0.29, 0.717) is 42.5 Å². The topological polar surface area (TPSA) is 82.4 Å². The summed E-state index contributed by atoms with van der Waals surface area (Å²) in [6.07, 6.45) is 2.18. The highest BCUT2D eigenvalue weighted by atomic mass is 32.2. The number of thiophene rings is 1. The van der Waals surface area contributed by atoms with Gasteiger partial charge < -0.3 is 14.4 Å². The summed E-state index contributed by atoms with van der Waals surface area (Å²) in [5, 5.41) is 14.6. The number of hydrogen-bond acceptors (Lipinski definition) is 8. The Morgan fingerprint density at radius 3 is 2.90 bits per heavy atom. The lowest BCUT2D eigenvalue weighted by Crippen LogP contribution is -2.32. The number of carbonyl (C=O) groups excluding carboxylic acids is 1. The predicted octanol–water partition coefficient (Wildman–Crippen LogP) is 3.17. The van der Waals surface area contributed by atoms with Gasteiger partial charge in [0, 0.05) is 16.6 Å². The van der Waals surface area contributed by atoms with E-state index < -0.39 is 0 Å². The third-order valence-corrected chi connectivity index (χ3v) is 6.49. The molecule has 0 unspecified atom stereocenters. The quantitative estimate of drug-likeness (QED) is 0.534. The van der Waals surface area contributed by atoms with E-state index in [-0.39, 0.29) is 11.7 Å². The molecule has 1 saturated carbocycles. The fraction of sp³-hybridized carbons (Fsp3) is 0.368. The summed E-state index contributed by atoms with van der Waals surface area (Å²) >= 11 is 3.01. The Morgan fingerprint density at radius 2 is 2.10 bits per heavy atom. The van der Waals surface area contributed by atoms with Gasteiger partial charge in [0.05, 0.1) is 18.3 Å². The van der Waals surface area contributed by atoms with Crippen molar-refractivity contribution in [2.24, 2.45) is 0 Å². The lowest BCUT2D eigenvalue weighted by Gasteiger charge is -2.25. The number of benzene rings is 1. The van der Waals surface area contributed by atoms with Crippen molar-refractivity contribution in [2.45, 2.75) is 30.6 Å². The van der Waals surface area contributed by atoms with Crippen molar-refractivity contribution in [3.05, 3.63) is 40.6 Å². The molecule has 0 bridgehead atoms. The summed E-state index contributed by atoms with van der Waals surface area (Å²) in [7, 11) is 0. The number of hydrogen-bond donors (Lipinski definition) is 0. The third-order valence-electron chi connectivity index (χ3n) is 4.71. The number of carbonyl (C=O) groups is 1. The van der Waals surface area contributed by atoms with Crippen molar-refractivity contribution in [3.8, 4) is 11.5 Å². The molecule has 2 aliphatic rings. The summed E-state index contributed by atoms with van der Waals surface area (Å²) in [5.74, 6) is 1.63. The fourth-order valence-electron chi connectivity index (χ4n) is 3.11. The van der Waals surface area contributed by atoms with Crippen LogP contribution in [0.4, 0.5) is 5.69 Å². The molecule has 1 aliphatic carbocycles. The minimum absolute atomic E-state index is 0.00887. The monoisotopic (exact) mass is 429 g/mol. The van der Waals surface area contributed by atoms with Crippen molar-refractivity contribution in [3.63, 3.8) is 0 Å². The molecule has 5 rings (SSSR count). The van der Waals surface area contributed by atoms with Crippen LogP contribution in [-0.4, -0.2) is 45.1 Å². The summed E-state index contributed by atoms with van der Waals surface area (Å²) in [6, 6.07) is 10.0. The zero-order chi connectivity index (χ0) is 19.6. The molecule has 0 saturated heterocycles. The molecule has 3 heterocycles. The van der Waals surface area contributed by atoms with Gasteiger partial charge in [-0.25, -0.2) is 4.68 Å². The van der Waals surface area contributed by atoms with Gasteiger partial charge in [0.25, 0.3) is 0 Å². The van der Waals surface area contributed by atoms with Crippen LogP contribution in [0.3, 0.4) is 0 Å². The maximum atomic E-state index is 13.2. The number of rotatable bonds is 7. The Hall–Kier alpha value is -2.59. The molecule has 1 fully saturated rings. The van der Waals surface area contributed by atoms with Gasteiger partial charge in [-0.1, -0.05) is 17.8 Å². The first kappa shape index (κ1) is 18.4. The second-order valence-corrected chi connectivity index (χ2v) is 8.79. The van der Waals surface area contributed by atoms with Crippen molar-refractivity contribution in [1.82, 2.24) is 20.2 Å². The first-order valence-electron chi connectivity index (χ1n) is 9.41. The highest BCUT2D eigenvalue weighted by Gasteiger charge is 2.28. The van der Waals surface area contributed by atoms with Gasteiger partial charge in [0.1, 0.15) is 13.2 Å². The molecule has 150 valence electrons. The summed E-state index contributed by atoms with van der Waals surface area (Å²) in [5.41, 5.74) is 0.787. The van der Waals surface area contributed by atoms with Crippen LogP contribution in [-0.2, 0) is 11.3 Å². The molecular weight excluding hydrogens is 410 g/mol. The molecule has 3 aromatic rings. The largest absolute Gasteiger partial charge is 0.486 e. The van der Waals surface area contributed by atoms with Crippen LogP contribution >= 0.6 is 23.1 Å². The highest BCUT2D eigenvalue weighted by Crippen LogP contribution is 2.37. The zero-order valence-corrected chi connectivity index (χ0v) is 17.2. The van der Waals surface area contributed by atoms with E-state index in [9.17, 15) is 4.79 Å². The van der Waals surface area contributed by atoms with E-state index in [2.05, 4.69) is 15.5 Å². The van der Waals surface area contributed by atoms with Gasteiger partial charge in [0.2, 0.25) is 11.1 Å². The Kier molecular flexibility index (Phi) is 5.11. The molecule has 0 N–H and O–H groups in total. The molecule has 8 nitrogen and oxygen atoms in total. The van der Waals surface area contributed by atoms with Gasteiger partial charge in [-0.2, -0.15) is 0 Å². The van der Waals surface area contributed by atoms with Crippen LogP contribution in [0.15, 0.2) is 40.9 Å². The average molecular weight is 430 g/mol. The fourth-order valence-corrected chi connectivity index (χ4v) is 4.63. The van der Waals surface area contributed by atoms with Crippen LogP contribution in [0.25, 0.3) is 0 Å². The van der Waals surface area contributed by atoms with Crippen LogP contribution in [0, 0.1) is 0 Å². The number of amides is 1. The molecule has 1 aliphatic heterocycles. The van der Waals surface area contributed by atoms with E-state index in [1.807, 2.05) is 40.4 Å². The van der Waals surface area contributed by atoms with Gasteiger partial charge >= 0.3 is 0 Å². The Bertz CT molecular complexity index is 1000. The summed E-state index contributed by atoms with van der Waals surface area (Å²) in [4.78, 5) is 16.1. The SMILES string of the molecule is O=C(CSc1nnnn1C1CC1)N(Cc1cccs1)c1ccc2c(c1)OCCO2. The molecule has 1 aromatic carbocycles. The number of aromatic nitrogens is 4. The van der Waals surface area contributed by atoms with Gasteiger partial charge in [0.15, 0.2) is 11.5 Å². The molecular formula is C19H19N5O3S2. The smallest absolute Gasteiger partial charge is 0.237 e. The molecule has 2 aromatic heterocycles. The van der Waals surface area contributed by atoms with Gasteiger partial charge in [-0.05, 0) is 46.8 Å². The number of thioether (sulfide) groups is 1. The van der Waals surface area contributed by atoms with E-state index in [1.165, 1.54) is 11.8 Å². The molecule has 0 atom stereocenters. The maximum absolute atomic E-state index is 13.2. The van der Waals surface area contributed by atoms with Crippen LogP contribution in [0.2, 0.25) is 0 Å². The van der Waals surface area contributed by atoms with E-state index in [4.69, 9.17) is 9.47 Å². The minimum Gasteiger partial charge on any atom is -0.486 e. The molecule has 29 heavy (non-hydrogen) atoms. The Balaban J connectivity index is 1.36. The van der Waals surface area contributed by atoms with Crippen molar-refractivity contribution in [1.29, 1.82) is 0 Å². The van der Waals surface area contributed by atoms with E-state index in [1.54, 1.807) is 16.2 Å². The number of tetrazole rings is 1. The molecule has 0 radical (unpaired) electrons. The lowest BCUT2D eigenvalue weighted by atomic mass is 10.2. The maximum Gasteiger partial charge on any atom is 0.237 e. The summed E-state index contributed by atoms with van der Waals surface area (Å²) < 4.78 is 13.1. The normalized spacial score (nSPS) is 15.3. The third kappa shape index (κ3) is 4.08. The van der Waals surface area contributed by atoms with Crippen LogP contribution in [0.1, 0.15) is 23.8 Å². The number of fused-ring (bicyclic) bond motifs is 1.